The van der Waals surface area contributed by atoms with Gasteiger partial charge in [-0.1, -0.05) is 11.6 Å². The highest BCUT2D eigenvalue weighted by molar-refractivity contribution is 7.99. The van der Waals surface area contributed by atoms with Crippen molar-refractivity contribution in [3.63, 3.8) is 0 Å². The van der Waals surface area contributed by atoms with Crippen LogP contribution in [0.25, 0.3) is 0 Å². The van der Waals surface area contributed by atoms with E-state index in [1.54, 1.807) is 34.9 Å². The average Bonchev–Trinajstić information content (AvgIpc) is 3.10. The van der Waals surface area contributed by atoms with E-state index < -0.39 is 0 Å². The number of ether oxygens (including phenoxy) is 1. The molecule has 1 saturated heterocycles. The van der Waals surface area contributed by atoms with Crippen molar-refractivity contribution in [2.45, 2.75) is 19.9 Å². The molecule has 2 amide bonds. The standard InChI is InChI=1S/C16H22ClN3O3S.ClH/c1-3-20(4-2)15(21)8-23-14-6-5-11(7-12(14)17)19-16(22)13-9-24-10-18-13;/h5-7,13,18H,3-4,8-10H2,1-2H3,(H,19,22);1H. The molecule has 1 aliphatic rings. The highest BCUT2D eigenvalue weighted by Gasteiger charge is 2.22. The number of amides is 2. The van der Waals surface area contributed by atoms with E-state index in [0.29, 0.717) is 29.5 Å². The number of nitrogens with zero attached hydrogens (tertiary/aromatic N) is 1. The summed E-state index contributed by atoms with van der Waals surface area (Å²) in [5.74, 6) is 1.80. The number of likely N-dealkylation sites (N-methyl/N-ethyl adjacent to an activating group) is 1. The zero-order chi connectivity index (χ0) is 17.5. The Kier molecular flexibility index (Phi) is 9.42. The highest BCUT2D eigenvalue weighted by Crippen LogP contribution is 2.28. The summed E-state index contributed by atoms with van der Waals surface area (Å²) < 4.78 is 5.49. The Labute approximate surface area is 163 Å². The molecule has 0 saturated carbocycles. The third-order valence-electron chi connectivity index (χ3n) is 3.70. The minimum absolute atomic E-state index is 0. The molecule has 1 atom stereocenters. The topological polar surface area (TPSA) is 70.7 Å². The van der Waals surface area contributed by atoms with Gasteiger partial charge in [-0.15, -0.1) is 24.2 Å². The van der Waals surface area contributed by atoms with Gasteiger partial charge >= 0.3 is 0 Å². The molecule has 2 rings (SSSR count). The van der Waals surface area contributed by atoms with Crippen molar-refractivity contribution in [2.75, 3.05) is 36.6 Å². The van der Waals surface area contributed by atoms with Gasteiger partial charge in [0.2, 0.25) is 5.91 Å². The summed E-state index contributed by atoms with van der Waals surface area (Å²) in [4.78, 5) is 25.7. The Morgan fingerprint density at radius 2 is 2.12 bits per heavy atom. The number of halogens is 2. The summed E-state index contributed by atoms with van der Waals surface area (Å²) in [6.45, 7) is 5.07. The van der Waals surface area contributed by atoms with Gasteiger partial charge in [-0.2, -0.15) is 0 Å². The van der Waals surface area contributed by atoms with Crippen LogP contribution in [-0.4, -0.2) is 54.1 Å². The summed E-state index contributed by atoms with van der Waals surface area (Å²) in [7, 11) is 0. The lowest BCUT2D eigenvalue weighted by atomic mass is 10.2. The van der Waals surface area contributed by atoms with Crippen LogP contribution in [0.2, 0.25) is 5.02 Å². The molecule has 1 aliphatic heterocycles. The Bertz CT molecular complexity index is 594. The number of carbonyl (C=O) groups excluding carboxylic acids is 2. The summed E-state index contributed by atoms with van der Waals surface area (Å²) in [6, 6.07) is 4.81. The monoisotopic (exact) mass is 407 g/mol. The van der Waals surface area contributed by atoms with Crippen LogP contribution in [-0.2, 0) is 9.59 Å². The summed E-state index contributed by atoms with van der Waals surface area (Å²) >= 11 is 7.87. The van der Waals surface area contributed by atoms with Gasteiger partial charge in [-0.25, -0.2) is 0 Å². The fourth-order valence-electron chi connectivity index (χ4n) is 2.30. The van der Waals surface area contributed by atoms with Gasteiger partial charge in [0.1, 0.15) is 5.75 Å². The lowest BCUT2D eigenvalue weighted by Gasteiger charge is -2.19. The van der Waals surface area contributed by atoms with Crippen LogP contribution in [0.15, 0.2) is 18.2 Å². The second-order valence-corrected chi connectivity index (χ2v) is 6.70. The van der Waals surface area contributed by atoms with E-state index in [2.05, 4.69) is 10.6 Å². The van der Waals surface area contributed by atoms with Crippen molar-refractivity contribution in [1.82, 2.24) is 10.2 Å². The lowest BCUT2D eigenvalue weighted by Crippen LogP contribution is -2.37. The Morgan fingerprint density at radius 1 is 1.40 bits per heavy atom. The predicted molar refractivity (Wildman–Crippen MR) is 105 cm³/mol. The molecule has 0 aromatic heterocycles. The van der Waals surface area contributed by atoms with Crippen molar-refractivity contribution < 1.29 is 14.3 Å². The summed E-state index contributed by atoms with van der Waals surface area (Å²) in [6.07, 6.45) is 0. The van der Waals surface area contributed by atoms with Gasteiger partial charge in [-0.05, 0) is 32.0 Å². The van der Waals surface area contributed by atoms with Crippen LogP contribution in [0.5, 0.6) is 5.75 Å². The normalized spacial score (nSPS) is 16.0. The maximum Gasteiger partial charge on any atom is 0.260 e. The molecule has 0 radical (unpaired) electrons. The third kappa shape index (κ3) is 6.26. The fourth-order valence-corrected chi connectivity index (χ4v) is 3.47. The van der Waals surface area contributed by atoms with Crippen LogP contribution in [0.1, 0.15) is 13.8 Å². The lowest BCUT2D eigenvalue weighted by molar-refractivity contribution is -0.133. The fraction of sp³-hybridized carbons (Fsp3) is 0.500. The zero-order valence-electron chi connectivity index (χ0n) is 14.2. The first-order valence-corrected chi connectivity index (χ1v) is 9.40. The molecule has 0 spiro atoms. The molecule has 1 fully saturated rings. The number of hydrogen-bond acceptors (Lipinski definition) is 5. The van der Waals surface area contributed by atoms with Gasteiger partial charge < -0.3 is 15.0 Å². The van der Waals surface area contributed by atoms with Crippen molar-refractivity contribution >= 4 is 53.3 Å². The summed E-state index contributed by atoms with van der Waals surface area (Å²) in [5.41, 5.74) is 0.603. The van der Waals surface area contributed by atoms with Crippen LogP contribution < -0.4 is 15.4 Å². The quantitative estimate of drug-likeness (QED) is 0.726. The van der Waals surface area contributed by atoms with Crippen molar-refractivity contribution in [2.24, 2.45) is 0 Å². The first-order chi connectivity index (χ1) is 11.5. The molecule has 1 aromatic rings. The number of hydrogen-bond donors (Lipinski definition) is 2. The number of anilines is 1. The molecule has 2 N–H and O–H groups in total. The van der Waals surface area contributed by atoms with Gasteiger partial charge in [0.25, 0.3) is 5.91 Å². The molecule has 0 bridgehead atoms. The van der Waals surface area contributed by atoms with Crippen LogP contribution in [0.4, 0.5) is 5.69 Å². The van der Waals surface area contributed by atoms with E-state index >= 15 is 0 Å². The zero-order valence-corrected chi connectivity index (χ0v) is 16.6. The predicted octanol–water partition coefficient (Wildman–Crippen LogP) is 2.61. The third-order valence-corrected chi connectivity index (χ3v) is 4.93. The highest BCUT2D eigenvalue weighted by atomic mass is 35.5. The van der Waals surface area contributed by atoms with E-state index in [9.17, 15) is 9.59 Å². The molecule has 140 valence electrons. The molecular formula is C16H23Cl2N3O3S. The number of thioether (sulfide) groups is 1. The van der Waals surface area contributed by atoms with Crippen LogP contribution >= 0.6 is 35.8 Å². The van der Waals surface area contributed by atoms with Crippen LogP contribution in [0, 0.1) is 0 Å². The summed E-state index contributed by atoms with van der Waals surface area (Å²) in [5, 5.41) is 6.29. The van der Waals surface area contributed by atoms with Gasteiger partial charge in [-0.3, -0.25) is 14.9 Å². The maximum absolute atomic E-state index is 12.1. The maximum atomic E-state index is 12.1. The Balaban J connectivity index is 0.00000312. The van der Waals surface area contributed by atoms with E-state index in [1.165, 1.54) is 0 Å². The van der Waals surface area contributed by atoms with Gasteiger partial charge in [0.15, 0.2) is 6.61 Å². The van der Waals surface area contributed by atoms with Crippen molar-refractivity contribution in [3.8, 4) is 5.75 Å². The second-order valence-electron chi connectivity index (χ2n) is 5.26. The largest absolute Gasteiger partial charge is 0.482 e. The number of nitrogens with one attached hydrogen (secondary N) is 2. The number of carbonyl (C=O) groups is 2. The molecule has 1 unspecified atom stereocenters. The van der Waals surface area contributed by atoms with Gasteiger partial charge in [0.05, 0.1) is 11.1 Å². The van der Waals surface area contributed by atoms with Crippen LogP contribution in [0.3, 0.4) is 0 Å². The van der Waals surface area contributed by atoms with E-state index in [0.717, 1.165) is 11.6 Å². The molecule has 6 nitrogen and oxygen atoms in total. The van der Waals surface area contributed by atoms with Crippen molar-refractivity contribution in [3.05, 3.63) is 23.2 Å². The molecule has 25 heavy (non-hydrogen) atoms. The van der Waals surface area contributed by atoms with Crippen molar-refractivity contribution in [1.29, 1.82) is 0 Å². The number of rotatable bonds is 7. The van der Waals surface area contributed by atoms with E-state index in [-0.39, 0.29) is 36.9 Å². The minimum atomic E-state index is -0.184. The van der Waals surface area contributed by atoms with E-state index in [4.69, 9.17) is 16.3 Å². The Morgan fingerprint density at radius 3 is 2.68 bits per heavy atom. The average molecular weight is 408 g/mol. The molecule has 1 aromatic carbocycles. The molecule has 9 heteroatoms. The SMILES string of the molecule is CCN(CC)C(=O)COc1ccc(NC(=O)C2CSCN2)cc1Cl.Cl. The smallest absolute Gasteiger partial charge is 0.260 e. The number of benzene rings is 1. The Hall–Kier alpha value is -1.15. The second kappa shape index (κ2) is 10.8. The van der Waals surface area contributed by atoms with Gasteiger partial charge in [0, 0.05) is 30.4 Å². The molecule has 1 heterocycles. The molecule has 0 aliphatic carbocycles. The minimum Gasteiger partial charge on any atom is -0.482 e. The molecular weight excluding hydrogens is 385 g/mol. The first kappa shape index (κ1) is 21.9. The van der Waals surface area contributed by atoms with E-state index in [1.807, 2.05) is 13.8 Å². The first-order valence-electron chi connectivity index (χ1n) is 7.87.